The third-order valence-electron chi connectivity index (χ3n) is 3.66. The molecule has 6 nitrogen and oxygen atoms in total. The summed E-state index contributed by atoms with van der Waals surface area (Å²) in [5.41, 5.74) is 1.04. The summed E-state index contributed by atoms with van der Waals surface area (Å²) >= 11 is 0. The Labute approximate surface area is 136 Å². The van der Waals surface area contributed by atoms with Crippen LogP contribution in [0.15, 0.2) is 24.3 Å². The van der Waals surface area contributed by atoms with Gasteiger partial charge < -0.3 is 14.9 Å². The number of nitrogens with zero attached hydrogens (tertiary/aromatic N) is 2. The summed E-state index contributed by atoms with van der Waals surface area (Å²) in [5.74, 6) is -1.11. The minimum absolute atomic E-state index is 0.0366. The SMILES string of the molecule is CCN(CC)C(=O)c1ccc(C(=O)N(C)CCCC(=O)O)cc1. The molecule has 6 heteroatoms. The number of hydrogen-bond acceptors (Lipinski definition) is 3. The molecule has 0 aliphatic rings. The highest BCUT2D eigenvalue weighted by Crippen LogP contribution is 2.10. The van der Waals surface area contributed by atoms with Crippen LogP contribution in [0.2, 0.25) is 0 Å². The van der Waals surface area contributed by atoms with Crippen LogP contribution in [0.1, 0.15) is 47.4 Å². The Morgan fingerprint density at radius 2 is 1.43 bits per heavy atom. The Balaban J connectivity index is 2.70. The molecule has 126 valence electrons. The summed E-state index contributed by atoms with van der Waals surface area (Å²) in [6.45, 7) is 5.51. The molecule has 0 heterocycles. The van der Waals surface area contributed by atoms with Gasteiger partial charge in [0.05, 0.1) is 0 Å². The van der Waals surface area contributed by atoms with Crippen molar-refractivity contribution in [3.8, 4) is 0 Å². The smallest absolute Gasteiger partial charge is 0.303 e. The lowest BCUT2D eigenvalue weighted by atomic mass is 10.1. The fourth-order valence-corrected chi connectivity index (χ4v) is 2.24. The molecule has 0 saturated carbocycles. The molecule has 0 saturated heterocycles. The van der Waals surface area contributed by atoms with Gasteiger partial charge in [0.15, 0.2) is 0 Å². The monoisotopic (exact) mass is 320 g/mol. The first kappa shape index (κ1) is 18.7. The predicted molar refractivity (Wildman–Crippen MR) is 87.5 cm³/mol. The van der Waals surface area contributed by atoms with E-state index in [2.05, 4.69) is 0 Å². The van der Waals surface area contributed by atoms with Gasteiger partial charge in [-0.15, -0.1) is 0 Å². The van der Waals surface area contributed by atoms with Crippen molar-refractivity contribution in [3.05, 3.63) is 35.4 Å². The third kappa shape index (κ3) is 5.39. The average molecular weight is 320 g/mol. The maximum atomic E-state index is 12.2. The molecule has 1 aromatic carbocycles. The molecule has 0 bridgehead atoms. The standard InChI is InChI=1S/C17H24N2O4/c1-4-19(5-2)17(23)14-10-8-13(9-11-14)16(22)18(3)12-6-7-15(20)21/h8-11H,4-7,12H2,1-3H3,(H,20,21). The van der Waals surface area contributed by atoms with E-state index in [9.17, 15) is 14.4 Å². The number of carbonyl (C=O) groups is 3. The number of hydrogen-bond donors (Lipinski definition) is 1. The fourth-order valence-electron chi connectivity index (χ4n) is 2.24. The topological polar surface area (TPSA) is 77.9 Å². The van der Waals surface area contributed by atoms with Crippen LogP contribution < -0.4 is 0 Å². The fraction of sp³-hybridized carbons (Fsp3) is 0.471. The number of carboxylic acid groups (broad SMARTS) is 1. The molecule has 0 unspecified atom stereocenters. The van der Waals surface area contributed by atoms with E-state index < -0.39 is 5.97 Å². The van der Waals surface area contributed by atoms with Crippen molar-refractivity contribution >= 4 is 17.8 Å². The van der Waals surface area contributed by atoms with Crippen LogP contribution in [-0.2, 0) is 4.79 Å². The largest absolute Gasteiger partial charge is 0.481 e. The van der Waals surface area contributed by atoms with Crippen LogP contribution >= 0.6 is 0 Å². The number of rotatable bonds is 8. The number of carbonyl (C=O) groups excluding carboxylic acids is 2. The highest BCUT2D eigenvalue weighted by Gasteiger charge is 2.15. The van der Waals surface area contributed by atoms with Crippen LogP contribution in [-0.4, -0.2) is 59.4 Å². The van der Waals surface area contributed by atoms with Crippen molar-refractivity contribution in [2.75, 3.05) is 26.7 Å². The zero-order valence-electron chi connectivity index (χ0n) is 13.9. The van der Waals surface area contributed by atoms with Gasteiger partial charge in [-0.3, -0.25) is 14.4 Å². The van der Waals surface area contributed by atoms with E-state index in [1.165, 1.54) is 4.90 Å². The Morgan fingerprint density at radius 1 is 0.957 bits per heavy atom. The minimum atomic E-state index is -0.870. The zero-order valence-corrected chi connectivity index (χ0v) is 13.9. The van der Waals surface area contributed by atoms with Gasteiger partial charge in [0.1, 0.15) is 0 Å². The lowest BCUT2D eigenvalue weighted by Gasteiger charge is -2.19. The molecule has 0 aromatic heterocycles. The van der Waals surface area contributed by atoms with Crippen molar-refractivity contribution in [2.45, 2.75) is 26.7 Å². The van der Waals surface area contributed by atoms with E-state index in [0.29, 0.717) is 37.2 Å². The van der Waals surface area contributed by atoms with Crippen LogP contribution in [0.25, 0.3) is 0 Å². The quantitative estimate of drug-likeness (QED) is 0.796. The molecule has 0 fully saturated rings. The van der Waals surface area contributed by atoms with Gasteiger partial charge in [0.2, 0.25) is 0 Å². The van der Waals surface area contributed by atoms with Gasteiger partial charge in [0.25, 0.3) is 11.8 Å². The van der Waals surface area contributed by atoms with Gasteiger partial charge in [-0.25, -0.2) is 0 Å². The van der Waals surface area contributed by atoms with E-state index in [1.54, 1.807) is 36.2 Å². The van der Waals surface area contributed by atoms with Gasteiger partial charge in [0, 0.05) is 44.2 Å². The summed E-state index contributed by atoms with van der Waals surface area (Å²) in [5, 5.41) is 8.61. The molecule has 0 atom stereocenters. The van der Waals surface area contributed by atoms with Gasteiger partial charge in [-0.05, 0) is 44.5 Å². The van der Waals surface area contributed by atoms with E-state index in [1.807, 2.05) is 13.8 Å². The second-order valence-electron chi connectivity index (χ2n) is 5.28. The van der Waals surface area contributed by atoms with Crippen LogP contribution in [0.5, 0.6) is 0 Å². The normalized spacial score (nSPS) is 10.2. The van der Waals surface area contributed by atoms with Crippen LogP contribution in [0.3, 0.4) is 0 Å². The molecule has 0 aliphatic heterocycles. The Hall–Kier alpha value is -2.37. The maximum absolute atomic E-state index is 12.2. The molecule has 1 aromatic rings. The highest BCUT2D eigenvalue weighted by atomic mass is 16.4. The van der Waals surface area contributed by atoms with E-state index >= 15 is 0 Å². The van der Waals surface area contributed by atoms with Crippen LogP contribution in [0.4, 0.5) is 0 Å². The van der Waals surface area contributed by atoms with Gasteiger partial charge in [-0.2, -0.15) is 0 Å². The lowest BCUT2D eigenvalue weighted by Crippen LogP contribution is -2.30. The Bertz CT molecular complexity index is 550. The minimum Gasteiger partial charge on any atom is -0.481 e. The van der Waals surface area contributed by atoms with Crippen molar-refractivity contribution in [1.29, 1.82) is 0 Å². The van der Waals surface area contributed by atoms with Crippen molar-refractivity contribution in [3.63, 3.8) is 0 Å². The third-order valence-corrected chi connectivity index (χ3v) is 3.66. The number of benzene rings is 1. The second kappa shape index (κ2) is 8.92. The summed E-state index contributed by atoms with van der Waals surface area (Å²) in [6.07, 6.45) is 0.449. The highest BCUT2D eigenvalue weighted by molar-refractivity contribution is 5.97. The molecule has 1 N–H and O–H groups in total. The predicted octanol–water partition coefficient (Wildman–Crippen LogP) is 2.11. The number of carboxylic acids is 1. The molecule has 0 aliphatic carbocycles. The first-order chi connectivity index (χ1) is 10.9. The molecule has 1 rings (SSSR count). The van der Waals surface area contributed by atoms with E-state index in [-0.39, 0.29) is 18.2 Å². The summed E-state index contributed by atoms with van der Waals surface area (Å²) < 4.78 is 0. The van der Waals surface area contributed by atoms with Crippen LogP contribution in [0, 0.1) is 0 Å². The first-order valence-electron chi connectivity index (χ1n) is 7.77. The lowest BCUT2D eigenvalue weighted by molar-refractivity contribution is -0.137. The molecule has 0 spiro atoms. The zero-order chi connectivity index (χ0) is 17.4. The van der Waals surface area contributed by atoms with Crippen molar-refractivity contribution < 1.29 is 19.5 Å². The van der Waals surface area contributed by atoms with Gasteiger partial charge >= 0.3 is 5.97 Å². The van der Waals surface area contributed by atoms with Gasteiger partial charge in [-0.1, -0.05) is 0 Å². The number of aliphatic carboxylic acids is 1. The summed E-state index contributed by atoms with van der Waals surface area (Å²) in [6, 6.07) is 6.57. The molecule has 2 amide bonds. The van der Waals surface area contributed by atoms with E-state index in [0.717, 1.165) is 0 Å². The summed E-state index contributed by atoms with van der Waals surface area (Å²) in [4.78, 5) is 38.1. The van der Waals surface area contributed by atoms with Crippen molar-refractivity contribution in [1.82, 2.24) is 9.80 Å². The molecular formula is C17H24N2O4. The molecule has 0 radical (unpaired) electrons. The molecule has 23 heavy (non-hydrogen) atoms. The van der Waals surface area contributed by atoms with Crippen molar-refractivity contribution in [2.24, 2.45) is 0 Å². The number of amides is 2. The summed E-state index contributed by atoms with van der Waals surface area (Å²) in [7, 11) is 1.64. The van der Waals surface area contributed by atoms with E-state index in [4.69, 9.17) is 5.11 Å². The average Bonchev–Trinajstić information content (AvgIpc) is 2.54. The Morgan fingerprint density at radius 3 is 1.87 bits per heavy atom. The molecular weight excluding hydrogens is 296 g/mol. The second-order valence-corrected chi connectivity index (χ2v) is 5.28. The first-order valence-corrected chi connectivity index (χ1v) is 7.77. The maximum Gasteiger partial charge on any atom is 0.303 e. The Kier molecular flexibility index (Phi) is 7.25.